The van der Waals surface area contributed by atoms with E-state index in [2.05, 4.69) is 40.4 Å². The van der Waals surface area contributed by atoms with Crippen LogP contribution >= 0.6 is 0 Å². The lowest BCUT2D eigenvalue weighted by atomic mass is 10.1. The molecule has 2 aromatic rings. The summed E-state index contributed by atoms with van der Waals surface area (Å²) < 4.78 is 15.4. The van der Waals surface area contributed by atoms with E-state index in [-0.39, 0.29) is 12.6 Å². The Balaban J connectivity index is 1.93. The van der Waals surface area contributed by atoms with Gasteiger partial charge in [-0.2, -0.15) is 0 Å². The van der Waals surface area contributed by atoms with Crippen LogP contribution in [0.5, 0.6) is 5.75 Å². The Bertz CT molecular complexity index is 720. The number of ether oxygens (including phenoxy) is 3. The molecule has 0 saturated carbocycles. The molecule has 140 valence electrons. The van der Waals surface area contributed by atoms with Crippen molar-refractivity contribution in [3.63, 3.8) is 0 Å². The van der Waals surface area contributed by atoms with Crippen LogP contribution in [0.15, 0.2) is 36.4 Å². The highest BCUT2D eigenvalue weighted by atomic mass is 16.6. The van der Waals surface area contributed by atoms with E-state index in [4.69, 9.17) is 9.47 Å². The lowest BCUT2D eigenvalue weighted by Gasteiger charge is -2.14. The fourth-order valence-corrected chi connectivity index (χ4v) is 2.91. The van der Waals surface area contributed by atoms with Crippen LogP contribution in [0.4, 0.5) is 0 Å². The van der Waals surface area contributed by atoms with E-state index in [0.29, 0.717) is 6.61 Å². The van der Waals surface area contributed by atoms with Crippen LogP contribution in [0, 0.1) is 13.8 Å². The first-order chi connectivity index (χ1) is 12.5. The number of nitrogens with one attached hydrogen (secondary N) is 1. The quantitative estimate of drug-likeness (QED) is 0.698. The molecule has 0 unspecified atom stereocenters. The van der Waals surface area contributed by atoms with Crippen LogP contribution < -0.4 is 10.1 Å². The highest BCUT2D eigenvalue weighted by Gasteiger charge is 2.09. The van der Waals surface area contributed by atoms with Crippen molar-refractivity contribution in [2.45, 2.75) is 33.5 Å². The second kappa shape index (κ2) is 9.94. The van der Waals surface area contributed by atoms with Crippen LogP contribution in [0.2, 0.25) is 0 Å². The third-order valence-electron chi connectivity index (χ3n) is 4.04. The normalized spacial score (nSPS) is 10.6. The Morgan fingerprint density at radius 3 is 2.27 bits per heavy atom. The summed E-state index contributed by atoms with van der Waals surface area (Å²) >= 11 is 0. The van der Waals surface area contributed by atoms with Gasteiger partial charge in [0.25, 0.3) is 0 Å². The van der Waals surface area contributed by atoms with Gasteiger partial charge in [-0.25, -0.2) is 4.79 Å². The van der Waals surface area contributed by atoms with Gasteiger partial charge in [0.2, 0.25) is 0 Å². The summed E-state index contributed by atoms with van der Waals surface area (Å²) in [5.41, 5.74) is 5.59. The molecule has 1 N–H and O–H groups in total. The molecule has 0 radical (unpaired) electrons. The van der Waals surface area contributed by atoms with E-state index in [1.54, 1.807) is 7.11 Å². The number of aryl methyl sites for hydroxylation is 2. The highest BCUT2D eigenvalue weighted by molar-refractivity contribution is 5.71. The summed E-state index contributed by atoms with van der Waals surface area (Å²) in [4.78, 5) is 11.3. The Morgan fingerprint density at radius 1 is 0.962 bits per heavy atom. The van der Waals surface area contributed by atoms with Crippen molar-refractivity contribution in [3.8, 4) is 5.75 Å². The molecule has 5 nitrogen and oxygen atoms in total. The third-order valence-corrected chi connectivity index (χ3v) is 4.04. The summed E-state index contributed by atoms with van der Waals surface area (Å²) in [5.74, 6) is 0.358. The molecule has 0 aromatic heterocycles. The molecule has 0 amide bonds. The van der Waals surface area contributed by atoms with Crippen molar-refractivity contribution >= 4 is 5.97 Å². The summed E-state index contributed by atoms with van der Waals surface area (Å²) in [6.07, 6.45) is 0. The predicted octanol–water partition coefficient (Wildman–Crippen LogP) is 3.29. The van der Waals surface area contributed by atoms with Gasteiger partial charge in [-0.05, 0) is 41.7 Å². The number of carbonyl (C=O) groups excluding carboxylic acids is 1. The minimum atomic E-state index is -0.384. The van der Waals surface area contributed by atoms with Crippen LogP contribution in [-0.2, 0) is 34.0 Å². The maximum Gasteiger partial charge on any atom is 0.343 e. The zero-order chi connectivity index (χ0) is 18.9. The summed E-state index contributed by atoms with van der Waals surface area (Å²) in [5, 5.41) is 3.46. The third kappa shape index (κ3) is 5.86. The van der Waals surface area contributed by atoms with Crippen LogP contribution in [0.3, 0.4) is 0 Å². The zero-order valence-corrected chi connectivity index (χ0v) is 15.9. The van der Waals surface area contributed by atoms with Gasteiger partial charge >= 0.3 is 5.97 Å². The Hall–Kier alpha value is -2.37. The van der Waals surface area contributed by atoms with Gasteiger partial charge in [0.1, 0.15) is 5.75 Å². The van der Waals surface area contributed by atoms with Crippen LogP contribution in [0.1, 0.15) is 27.8 Å². The number of hydrogen-bond acceptors (Lipinski definition) is 5. The Morgan fingerprint density at radius 2 is 1.62 bits per heavy atom. The molecular formula is C21H27NO4. The fourth-order valence-electron chi connectivity index (χ4n) is 2.91. The average molecular weight is 357 g/mol. The molecule has 0 heterocycles. The van der Waals surface area contributed by atoms with E-state index in [9.17, 15) is 4.79 Å². The Kier molecular flexibility index (Phi) is 7.63. The van der Waals surface area contributed by atoms with E-state index in [0.717, 1.165) is 30.0 Å². The minimum absolute atomic E-state index is 0.0758. The second-order valence-electron chi connectivity index (χ2n) is 6.28. The van der Waals surface area contributed by atoms with E-state index in [1.807, 2.05) is 19.9 Å². The number of esters is 1. The molecule has 0 atom stereocenters. The first kappa shape index (κ1) is 19.9. The lowest BCUT2D eigenvalue weighted by Crippen LogP contribution is -2.15. The van der Waals surface area contributed by atoms with Gasteiger partial charge in [0.15, 0.2) is 6.61 Å². The van der Waals surface area contributed by atoms with E-state index in [1.165, 1.54) is 23.8 Å². The molecule has 2 aromatic carbocycles. The largest absolute Gasteiger partial charge is 0.481 e. The molecule has 5 heteroatoms. The van der Waals surface area contributed by atoms with Crippen molar-refractivity contribution in [3.05, 3.63) is 64.2 Å². The summed E-state index contributed by atoms with van der Waals surface area (Å²) in [6.45, 7) is 6.06. The monoisotopic (exact) mass is 357 g/mol. The molecule has 0 spiro atoms. The van der Waals surface area contributed by atoms with E-state index >= 15 is 0 Å². The number of rotatable bonds is 9. The fraction of sp³-hybridized carbons (Fsp3) is 0.381. The first-order valence-corrected chi connectivity index (χ1v) is 8.60. The maximum absolute atomic E-state index is 11.3. The number of carbonyl (C=O) groups is 1. The van der Waals surface area contributed by atoms with Gasteiger partial charge in [0.05, 0.1) is 13.7 Å². The van der Waals surface area contributed by atoms with Crippen molar-refractivity contribution in [2.24, 2.45) is 0 Å². The van der Waals surface area contributed by atoms with Crippen molar-refractivity contribution < 1.29 is 19.0 Å². The van der Waals surface area contributed by atoms with Gasteiger partial charge < -0.3 is 19.5 Å². The minimum Gasteiger partial charge on any atom is -0.481 e. The molecular weight excluding hydrogens is 330 g/mol. The first-order valence-electron chi connectivity index (χ1n) is 8.60. The van der Waals surface area contributed by atoms with E-state index < -0.39 is 0 Å². The van der Waals surface area contributed by atoms with Gasteiger partial charge in [-0.1, -0.05) is 36.4 Å². The highest BCUT2D eigenvalue weighted by Crippen LogP contribution is 2.25. The number of methoxy groups -OCH3 is 2. The molecule has 0 saturated heterocycles. The topological polar surface area (TPSA) is 56.8 Å². The zero-order valence-electron chi connectivity index (χ0n) is 15.9. The average Bonchev–Trinajstić information content (AvgIpc) is 2.61. The van der Waals surface area contributed by atoms with Gasteiger partial charge in [-0.3, -0.25) is 0 Å². The molecule has 0 aliphatic heterocycles. The molecule has 0 aliphatic rings. The summed E-state index contributed by atoms with van der Waals surface area (Å²) in [6, 6.07) is 12.5. The lowest BCUT2D eigenvalue weighted by molar-refractivity contribution is -0.142. The standard InChI is InChI=1S/C21H27NO4/c1-15-8-19(9-16(2)21(15)26-14-20(23)25-4)12-22-11-17-6-5-7-18(10-17)13-24-3/h5-10,22H,11-14H2,1-4H3. The van der Waals surface area contributed by atoms with Crippen LogP contribution in [0.25, 0.3) is 0 Å². The SMILES string of the molecule is COCc1cccc(CNCc2cc(C)c(OCC(=O)OC)c(C)c2)c1. The van der Waals surface area contributed by atoms with Crippen molar-refractivity contribution in [2.75, 3.05) is 20.8 Å². The number of benzene rings is 2. The molecule has 0 fully saturated rings. The Labute approximate surface area is 155 Å². The molecule has 0 aliphatic carbocycles. The predicted molar refractivity (Wildman–Crippen MR) is 101 cm³/mol. The van der Waals surface area contributed by atoms with Crippen molar-refractivity contribution in [1.29, 1.82) is 0 Å². The maximum atomic E-state index is 11.3. The van der Waals surface area contributed by atoms with Crippen molar-refractivity contribution in [1.82, 2.24) is 5.32 Å². The molecule has 0 bridgehead atoms. The summed E-state index contributed by atoms with van der Waals surface area (Å²) in [7, 11) is 3.05. The smallest absolute Gasteiger partial charge is 0.343 e. The second-order valence-corrected chi connectivity index (χ2v) is 6.28. The van der Waals surface area contributed by atoms with Gasteiger partial charge in [-0.15, -0.1) is 0 Å². The van der Waals surface area contributed by atoms with Gasteiger partial charge in [0, 0.05) is 20.2 Å². The van der Waals surface area contributed by atoms with Crippen LogP contribution in [-0.4, -0.2) is 26.8 Å². The molecule has 26 heavy (non-hydrogen) atoms. The number of hydrogen-bond donors (Lipinski definition) is 1. The molecule has 2 rings (SSSR count).